The van der Waals surface area contributed by atoms with Crippen molar-refractivity contribution in [3.63, 3.8) is 0 Å². The molecule has 4 aromatic rings. The van der Waals surface area contributed by atoms with Gasteiger partial charge in [0.2, 0.25) is 5.91 Å². The molecule has 1 amide bonds. The summed E-state index contributed by atoms with van der Waals surface area (Å²) in [6, 6.07) is 11.2. The number of benzene rings is 1. The predicted molar refractivity (Wildman–Crippen MR) is 99.7 cm³/mol. The number of fused-ring (bicyclic) bond motifs is 3. The van der Waals surface area contributed by atoms with Crippen LogP contribution in [-0.2, 0) is 17.9 Å². The van der Waals surface area contributed by atoms with Gasteiger partial charge in [0.05, 0.1) is 17.3 Å². The highest BCUT2D eigenvalue weighted by atomic mass is 32.1. The van der Waals surface area contributed by atoms with E-state index in [1.54, 1.807) is 29.2 Å². The Balaban J connectivity index is 1.48. The molecule has 0 radical (unpaired) electrons. The number of hydrogen-bond acceptors (Lipinski definition) is 5. The number of ether oxygens (including phenoxy) is 1. The topological polar surface area (TPSA) is 77.6 Å². The van der Waals surface area contributed by atoms with Crippen LogP contribution in [0, 0.1) is 0 Å². The number of carbonyl (C=O) groups excluding carboxylic acids is 1. The van der Waals surface area contributed by atoms with E-state index in [-0.39, 0.29) is 18.0 Å². The van der Waals surface area contributed by atoms with Gasteiger partial charge in [0, 0.05) is 6.54 Å². The molecule has 26 heavy (non-hydrogen) atoms. The minimum Gasteiger partial charge on any atom is -0.497 e. The van der Waals surface area contributed by atoms with Gasteiger partial charge in [0.1, 0.15) is 24.1 Å². The molecular formula is C18H16N4O3S. The van der Waals surface area contributed by atoms with Crippen molar-refractivity contribution in [3.05, 3.63) is 64.0 Å². The van der Waals surface area contributed by atoms with Crippen LogP contribution in [-0.4, -0.2) is 27.2 Å². The summed E-state index contributed by atoms with van der Waals surface area (Å²) in [6.07, 6.45) is 1.57. The van der Waals surface area contributed by atoms with Crippen LogP contribution in [0.3, 0.4) is 0 Å². The first kappa shape index (κ1) is 16.3. The van der Waals surface area contributed by atoms with Crippen molar-refractivity contribution in [2.24, 2.45) is 0 Å². The maximum Gasteiger partial charge on any atom is 0.291 e. The molecule has 0 aliphatic rings. The molecule has 0 aliphatic heterocycles. The number of amides is 1. The second-order valence-electron chi connectivity index (χ2n) is 5.79. The molecule has 132 valence electrons. The Labute approximate surface area is 152 Å². The zero-order valence-electron chi connectivity index (χ0n) is 14.0. The zero-order chi connectivity index (χ0) is 18.1. The molecule has 1 N–H and O–H groups in total. The fourth-order valence-electron chi connectivity index (χ4n) is 2.78. The highest BCUT2D eigenvalue weighted by Crippen LogP contribution is 2.23. The van der Waals surface area contributed by atoms with E-state index in [0.717, 1.165) is 21.5 Å². The van der Waals surface area contributed by atoms with Crippen molar-refractivity contribution in [1.82, 2.24) is 19.5 Å². The lowest BCUT2D eigenvalue weighted by Crippen LogP contribution is -2.33. The maximum atomic E-state index is 12.6. The number of rotatable bonds is 5. The van der Waals surface area contributed by atoms with E-state index in [9.17, 15) is 9.59 Å². The lowest BCUT2D eigenvalue weighted by molar-refractivity contribution is -0.122. The van der Waals surface area contributed by atoms with E-state index in [0.29, 0.717) is 12.1 Å². The molecule has 0 saturated carbocycles. The van der Waals surface area contributed by atoms with Crippen molar-refractivity contribution in [2.45, 2.75) is 13.1 Å². The third kappa shape index (κ3) is 2.95. The number of aromatic nitrogens is 3. The Morgan fingerprint density at radius 1 is 1.23 bits per heavy atom. The van der Waals surface area contributed by atoms with Gasteiger partial charge < -0.3 is 10.1 Å². The van der Waals surface area contributed by atoms with E-state index in [1.807, 2.05) is 41.8 Å². The van der Waals surface area contributed by atoms with E-state index in [1.165, 1.54) is 4.68 Å². The van der Waals surface area contributed by atoms with E-state index in [4.69, 9.17) is 4.74 Å². The highest BCUT2D eigenvalue weighted by Gasteiger charge is 2.12. The Kier molecular flexibility index (Phi) is 4.18. The molecule has 8 heteroatoms. The summed E-state index contributed by atoms with van der Waals surface area (Å²) >= 11 is 1.56. The predicted octanol–water partition coefficient (Wildman–Crippen LogP) is 2.04. The van der Waals surface area contributed by atoms with Crippen molar-refractivity contribution < 1.29 is 9.53 Å². The minimum absolute atomic E-state index is 0.121. The minimum atomic E-state index is -0.282. The quantitative estimate of drug-likeness (QED) is 0.585. The van der Waals surface area contributed by atoms with Crippen LogP contribution in [0.25, 0.3) is 15.7 Å². The number of carbonyl (C=O) groups is 1. The van der Waals surface area contributed by atoms with Gasteiger partial charge >= 0.3 is 0 Å². The van der Waals surface area contributed by atoms with Crippen LogP contribution >= 0.6 is 11.3 Å². The molecule has 0 fully saturated rings. The first-order valence-electron chi connectivity index (χ1n) is 8.00. The van der Waals surface area contributed by atoms with E-state index in [2.05, 4.69) is 10.4 Å². The lowest BCUT2D eigenvalue weighted by atomic mass is 10.2. The summed E-state index contributed by atoms with van der Waals surface area (Å²) in [7, 11) is 1.60. The molecular weight excluding hydrogens is 352 g/mol. The molecule has 7 nitrogen and oxygen atoms in total. The van der Waals surface area contributed by atoms with Gasteiger partial charge in [0.25, 0.3) is 5.56 Å². The number of hydrogen-bond donors (Lipinski definition) is 1. The fourth-order valence-corrected chi connectivity index (χ4v) is 3.59. The third-order valence-electron chi connectivity index (χ3n) is 4.16. The summed E-state index contributed by atoms with van der Waals surface area (Å²) in [5, 5.41) is 8.89. The molecule has 0 aliphatic carbocycles. The normalized spacial score (nSPS) is 11.1. The average molecular weight is 368 g/mol. The monoisotopic (exact) mass is 368 g/mol. The Morgan fingerprint density at radius 2 is 2.04 bits per heavy atom. The average Bonchev–Trinajstić information content (AvgIpc) is 3.25. The molecule has 0 saturated heterocycles. The number of nitrogens with zero attached hydrogens (tertiary/aromatic N) is 3. The molecule has 4 rings (SSSR count). The summed E-state index contributed by atoms with van der Waals surface area (Å²) < 4.78 is 9.05. The van der Waals surface area contributed by atoms with Crippen molar-refractivity contribution >= 4 is 33.0 Å². The first-order chi connectivity index (χ1) is 12.7. The standard InChI is InChI=1S/C18H16N4O3S/c1-25-13-4-2-12(3-5-13)9-19-17(23)10-22-18(24)15-8-16-14(6-7-26-16)21(15)11-20-22/h2-8,11H,9-10H2,1H3,(H,19,23). The summed E-state index contributed by atoms with van der Waals surface area (Å²) in [5.74, 6) is 0.490. The third-order valence-corrected chi connectivity index (χ3v) is 5.02. The SMILES string of the molecule is COc1ccc(CNC(=O)Cn2ncn3c(cc4sccc43)c2=O)cc1. The van der Waals surface area contributed by atoms with E-state index >= 15 is 0 Å². The highest BCUT2D eigenvalue weighted by molar-refractivity contribution is 7.17. The van der Waals surface area contributed by atoms with Crippen molar-refractivity contribution in [2.75, 3.05) is 7.11 Å². The molecule has 0 unspecified atom stereocenters. The number of methoxy groups -OCH3 is 1. The fraction of sp³-hybridized carbons (Fsp3) is 0.167. The Morgan fingerprint density at radius 3 is 2.81 bits per heavy atom. The van der Waals surface area contributed by atoms with Crippen LogP contribution < -0.4 is 15.6 Å². The van der Waals surface area contributed by atoms with Crippen LogP contribution in [0.5, 0.6) is 5.75 Å². The Hall–Kier alpha value is -3.13. The molecule has 3 aromatic heterocycles. The summed E-state index contributed by atoms with van der Waals surface area (Å²) in [4.78, 5) is 24.7. The second-order valence-corrected chi connectivity index (χ2v) is 6.74. The smallest absolute Gasteiger partial charge is 0.291 e. The van der Waals surface area contributed by atoms with Crippen molar-refractivity contribution in [1.29, 1.82) is 0 Å². The molecule has 0 spiro atoms. The van der Waals surface area contributed by atoms with Gasteiger partial charge in [-0.05, 0) is 35.2 Å². The van der Waals surface area contributed by atoms with Gasteiger partial charge in [-0.1, -0.05) is 12.1 Å². The maximum absolute atomic E-state index is 12.6. The van der Waals surface area contributed by atoms with Crippen LogP contribution in [0.1, 0.15) is 5.56 Å². The molecule has 3 heterocycles. The lowest BCUT2D eigenvalue weighted by Gasteiger charge is -2.08. The number of thiophene rings is 1. The van der Waals surface area contributed by atoms with Gasteiger partial charge in [-0.15, -0.1) is 11.3 Å². The van der Waals surface area contributed by atoms with Gasteiger partial charge in [-0.2, -0.15) is 5.10 Å². The molecule has 0 bridgehead atoms. The van der Waals surface area contributed by atoms with Crippen molar-refractivity contribution in [3.8, 4) is 5.75 Å². The van der Waals surface area contributed by atoms with E-state index < -0.39 is 0 Å². The summed E-state index contributed by atoms with van der Waals surface area (Å²) in [6.45, 7) is 0.255. The zero-order valence-corrected chi connectivity index (χ0v) is 14.8. The first-order valence-corrected chi connectivity index (χ1v) is 8.87. The second kappa shape index (κ2) is 6.64. The van der Waals surface area contributed by atoms with Crippen LogP contribution in [0.4, 0.5) is 0 Å². The molecule has 0 atom stereocenters. The van der Waals surface area contributed by atoms with Crippen LogP contribution in [0.15, 0.2) is 52.9 Å². The van der Waals surface area contributed by atoms with Crippen LogP contribution in [0.2, 0.25) is 0 Å². The van der Waals surface area contributed by atoms with Gasteiger partial charge in [0.15, 0.2) is 0 Å². The number of nitrogens with one attached hydrogen (secondary N) is 1. The molecule has 1 aromatic carbocycles. The largest absolute Gasteiger partial charge is 0.497 e. The van der Waals surface area contributed by atoms with Gasteiger partial charge in [-0.3, -0.25) is 14.0 Å². The van der Waals surface area contributed by atoms with Gasteiger partial charge in [-0.25, -0.2) is 4.68 Å². The summed E-state index contributed by atoms with van der Waals surface area (Å²) in [5.41, 5.74) is 2.13. The Bertz CT molecular complexity index is 1140.